The molecule has 0 bridgehead atoms. The summed E-state index contributed by atoms with van der Waals surface area (Å²) in [5.41, 5.74) is 0.736. The van der Waals surface area contributed by atoms with E-state index in [0.717, 1.165) is 10.0 Å². The van der Waals surface area contributed by atoms with Gasteiger partial charge in [-0.3, -0.25) is 9.78 Å². The molecule has 2 rings (SSSR count). The Bertz CT molecular complexity index is 372. The number of carbonyl (C=O) groups excluding carboxylic acids is 1. The van der Waals surface area contributed by atoms with E-state index in [9.17, 15) is 4.79 Å². The van der Waals surface area contributed by atoms with Crippen molar-refractivity contribution in [2.75, 3.05) is 0 Å². The Labute approximate surface area is 105 Å². The summed E-state index contributed by atoms with van der Waals surface area (Å²) in [4.78, 5) is 16.0. The van der Waals surface area contributed by atoms with Crippen molar-refractivity contribution < 1.29 is 4.79 Å². The molecule has 1 aromatic rings. The van der Waals surface area contributed by atoms with Gasteiger partial charge in [0.2, 0.25) is 0 Å². The molecule has 0 radical (unpaired) electrons. The van der Waals surface area contributed by atoms with Gasteiger partial charge in [-0.2, -0.15) is 0 Å². The fourth-order valence-corrected chi connectivity index (χ4v) is 2.70. The molecule has 3 heteroatoms. The summed E-state index contributed by atoms with van der Waals surface area (Å²) in [7, 11) is 0. The van der Waals surface area contributed by atoms with E-state index in [4.69, 9.17) is 0 Å². The maximum absolute atomic E-state index is 12.0. The van der Waals surface area contributed by atoms with Crippen LogP contribution in [0.1, 0.15) is 48.9 Å². The van der Waals surface area contributed by atoms with Gasteiger partial charge in [-0.15, -0.1) is 0 Å². The Morgan fingerprint density at radius 1 is 1.31 bits per heavy atom. The highest BCUT2D eigenvalue weighted by Gasteiger charge is 2.18. The maximum atomic E-state index is 12.0. The molecule has 0 amide bonds. The summed E-state index contributed by atoms with van der Waals surface area (Å²) in [5, 5.41) is 0. The first kappa shape index (κ1) is 11.8. The summed E-state index contributed by atoms with van der Waals surface area (Å²) < 4.78 is 0.877. The van der Waals surface area contributed by atoms with E-state index in [1.165, 1.54) is 32.1 Å². The second-order valence-corrected chi connectivity index (χ2v) is 5.44. The van der Waals surface area contributed by atoms with E-state index in [0.29, 0.717) is 12.3 Å². The molecule has 1 saturated carbocycles. The van der Waals surface area contributed by atoms with E-state index in [2.05, 4.69) is 20.9 Å². The Hall–Kier alpha value is -0.700. The van der Waals surface area contributed by atoms with Gasteiger partial charge in [-0.05, 0) is 27.9 Å². The van der Waals surface area contributed by atoms with Crippen molar-refractivity contribution in [1.29, 1.82) is 0 Å². The average molecular weight is 282 g/mol. The van der Waals surface area contributed by atoms with E-state index < -0.39 is 0 Å². The van der Waals surface area contributed by atoms with Crippen molar-refractivity contribution in [3.63, 3.8) is 0 Å². The first-order valence-electron chi connectivity index (χ1n) is 5.89. The Morgan fingerprint density at radius 3 is 2.75 bits per heavy atom. The molecule has 1 aromatic heterocycles. The monoisotopic (exact) mass is 281 g/mol. The molecular weight excluding hydrogens is 266 g/mol. The van der Waals surface area contributed by atoms with Crippen molar-refractivity contribution in [2.45, 2.75) is 38.5 Å². The summed E-state index contributed by atoms with van der Waals surface area (Å²) in [5.74, 6) is 0.834. The van der Waals surface area contributed by atoms with Gasteiger partial charge in [0.25, 0.3) is 0 Å². The number of hydrogen-bond donors (Lipinski definition) is 0. The number of nitrogens with zero attached hydrogens (tertiary/aromatic N) is 1. The molecule has 1 heterocycles. The second kappa shape index (κ2) is 5.58. The fourth-order valence-electron chi connectivity index (χ4n) is 2.34. The number of Topliss-reactive ketones (excluding diaryl/α,β-unsaturated/α-hetero) is 1. The first-order valence-corrected chi connectivity index (χ1v) is 6.69. The molecule has 1 fully saturated rings. The van der Waals surface area contributed by atoms with Crippen molar-refractivity contribution in [3.8, 4) is 0 Å². The number of pyridine rings is 1. The zero-order valence-electron chi connectivity index (χ0n) is 9.29. The van der Waals surface area contributed by atoms with Gasteiger partial charge in [0, 0.05) is 28.9 Å². The van der Waals surface area contributed by atoms with Gasteiger partial charge in [-0.1, -0.05) is 32.1 Å². The lowest BCUT2D eigenvalue weighted by Crippen LogP contribution is -2.12. The minimum Gasteiger partial charge on any atom is -0.294 e. The van der Waals surface area contributed by atoms with E-state index >= 15 is 0 Å². The van der Waals surface area contributed by atoms with Crippen LogP contribution in [0, 0.1) is 5.92 Å². The van der Waals surface area contributed by atoms with E-state index in [1.807, 2.05) is 6.07 Å². The Balaban J connectivity index is 1.97. The maximum Gasteiger partial charge on any atom is 0.164 e. The summed E-state index contributed by atoms with van der Waals surface area (Å²) >= 11 is 3.34. The van der Waals surface area contributed by atoms with E-state index in [1.54, 1.807) is 12.4 Å². The summed E-state index contributed by atoms with van der Waals surface area (Å²) in [6.07, 6.45) is 10.4. The summed E-state index contributed by atoms with van der Waals surface area (Å²) in [6, 6.07) is 1.86. The van der Waals surface area contributed by atoms with Crippen LogP contribution in [0.3, 0.4) is 0 Å². The van der Waals surface area contributed by atoms with Crippen molar-refractivity contribution in [2.24, 2.45) is 5.92 Å². The number of hydrogen-bond acceptors (Lipinski definition) is 2. The van der Waals surface area contributed by atoms with Gasteiger partial charge < -0.3 is 0 Å². The van der Waals surface area contributed by atoms with Crippen LogP contribution in [0.15, 0.2) is 22.9 Å². The number of ketones is 1. The van der Waals surface area contributed by atoms with Crippen LogP contribution >= 0.6 is 15.9 Å². The van der Waals surface area contributed by atoms with Crippen LogP contribution in [0.25, 0.3) is 0 Å². The third-order valence-electron chi connectivity index (χ3n) is 3.23. The molecule has 86 valence electrons. The molecule has 0 atom stereocenters. The molecule has 2 nitrogen and oxygen atoms in total. The normalized spacial score (nSPS) is 17.3. The third kappa shape index (κ3) is 3.14. The quantitative estimate of drug-likeness (QED) is 0.784. The largest absolute Gasteiger partial charge is 0.294 e. The van der Waals surface area contributed by atoms with Crippen LogP contribution in [-0.2, 0) is 0 Å². The van der Waals surface area contributed by atoms with Crippen molar-refractivity contribution >= 4 is 21.7 Å². The standard InChI is InChI=1S/C13H16BrNO/c14-12-7-11(8-15-9-12)13(16)6-10-4-2-1-3-5-10/h7-10H,1-6H2. The van der Waals surface area contributed by atoms with Crippen LogP contribution < -0.4 is 0 Å². The Morgan fingerprint density at radius 2 is 2.06 bits per heavy atom. The highest BCUT2D eigenvalue weighted by atomic mass is 79.9. The molecule has 0 aromatic carbocycles. The molecule has 0 unspecified atom stereocenters. The van der Waals surface area contributed by atoms with Crippen LogP contribution in [0.5, 0.6) is 0 Å². The van der Waals surface area contributed by atoms with Gasteiger partial charge in [-0.25, -0.2) is 0 Å². The number of carbonyl (C=O) groups is 1. The zero-order chi connectivity index (χ0) is 11.4. The van der Waals surface area contributed by atoms with Gasteiger partial charge >= 0.3 is 0 Å². The minimum atomic E-state index is 0.237. The lowest BCUT2D eigenvalue weighted by atomic mass is 9.85. The molecule has 0 saturated heterocycles. The lowest BCUT2D eigenvalue weighted by Gasteiger charge is -2.20. The second-order valence-electron chi connectivity index (χ2n) is 4.52. The topological polar surface area (TPSA) is 30.0 Å². The van der Waals surface area contributed by atoms with Gasteiger partial charge in [0.1, 0.15) is 0 Å². The van der Waals surface area contributed by atoms with Crippen molar-refractivity contribution in [3.05, 3.63) is 28.5 Å². The molecular formula is C13H16BrNO. The number of aromatic nitrogens is 1. The zero-order valence-corrected chi connectivity index (χ0v) is 10.9. The van der Waals surface area contributed by atoms with Crippen LogP contribution in [0.4, 0.5) is 0 Å². The van der Waals surface area contributed by atoms with Gasteiger partial charge in [0.15, 0.2) is 5.78 Å². The SMILES string of the molecule is O=C(CC1CCCCC1)c1cncc(Br)c1. The van der Waals surface area contributed by atoms with Crippen LogP contribution in [-0.4, -0.2) is 10.8 Å². The summed E-state index contributed by atoms with van der Waals surface area (Å²) in [6.45, 7) is 0. The average Bonchev–Trinajstić information content (AvgIpc) is 2.30. The predicted molar refractivity (Wildman–Crippen MR) is 67.5 cm³/mol. The lowest BCUT2D eigenvalue weighted by molar-refractivity contribution is 0.0950. The molecule has 1 aliphatic carbocycles. The molecule has 1 aliphatic rings. The first-order chi connectivity index (χ1) is 7.75. The van der Waals surface area contributed by atoms with E-state index in [-0.39, 0.29) is 5.78 Å². The number of halogens is 1. The Kier molecular flexibility index (Phi) is 4.10. The van der Waals surface area contributed by atoms with Crippen LogP contribution in [0.2, 0.25) is 0 Å². The molecule has 16 heavy (non-hydrogen) atoms. The third-order valence-corrected chi connectivity index (χ3v) is 3.66. The predicted octanol–water partition coefficient (Wildman–Crippen LogP) is 4.00. The smallest absolute Gasteiger partial charge is 0.164 e. The molecule has 0 N–H and O–H groups in total. The highest BCUT2D eigenvalue weighted by Crippen LogP contribution is 2.27. The van der Waals surface area contributed by atoms with Crippen molar-refractivity contribution in [1.82, 2.24) is 4.98 Å². The fraction of sp³-hybridized carbons (Fsp3) is 0.538. The van der Waals surface area contributed by atoms with Gasteiger partial charge in [0.05, 0.1) is 0 Å². The minimum absolute atomic E-state index is 0.237. The molecule has 0 aliphatic heterocycles. The number of rotatable bonds is 3. The highest BCUT2D eigenvalue weighted by molar-refractivity contribution is 9.10. The molecule has 0 spiro atoms.